The molecule has 8 atom stereocenters. The van der Waals surface area contributed by atoms with Gasteiger partial charge in [0.05, 0.1) is 6.61 Å². The summed E-state index contributed by atoms with van der Waals surface area (Å²) in [5, 5.41) is 0. The first-order chi connectivity index (χ1) is 37.6. The van der Waals surface area contributed by atoms with E-state index in [1.807, 2.05) is 18.2 Å². The number of ether oxygens (including phenoxy) is 6. The highest BCUT2D eigenvalue weighted by Gasteiger charge is 2.61. The highest BCUT2D eigenvalue weighted by atomic mass is 31.2. The van der Waals surface area contributed by atoms with Gasteiger partial charge in [-0.2, -0.15) is 0 Å². The molecule has 79 heavy (non-hydrogen) atoms. The van der Waals surface area contributed by atoms with E-state index in [1.54, 1.807) is 0 Å². The Kier molecular flexibility index (Phi) is 42.5. The number of carbonyl (C=O) groups is 2. The van der Waals surface area contributed by atoms with Crippen LogP contribution in [-0.4, -0.2) is 130 Å². The maximum Gasteiger partial charge on any atom is 0.472 e. The molecule has 1 fully saturated rings. The topological polar surface area (TPSA) is 346 Å². The average molecular weight is 1220 g/mol. The Labute approximate surface area is 468 Å². The van der Waals surface area contributed by atoms with Crippen LogP contribution >= 0.6 is 31.3 Å². The third-order valence-corrected chi connectivity index (χ3v) is 14.6. The van der Waals surface area contributed by atoms with Crippen LogP contribution in [0, 0.1) is 0 Å². The smallest absolute Gasteiger partial charge is 0.462 e. The van der Waals surface area contributed by atoms with Gasteiger partial charge in [0.25, 0.3) is 0 Å². The standard InChI is InChI=1S/C51H94O24P4/c1-5-7-9-11-13-15-17-19-21-22-24-26-28-30-32-34-36-38-45(53)71-43(39-67-44(52)37-35-33-31-29-27-25-23-20-18-16-14-12-10-8-6-2)40-70-79(63,64)75-48-46(68-41-65-3)49(72-76(54,55)56)51(74-78(60,61)62)50(73-77(57,58)59)47(48)69-42-66-4/h13,15,19,21,24,26,30,32,43,46-51H,5-12,14,16-18,20,22-23,25,27-29,31,33-42H2,1-4H3,(H,63,64)(H2,54,55,56)(H2,57,58,59)(H2,60,61,62)/b15-13-,21-19-,26-24-,32-30-/t43-,46+,47+,48?,49-,50+,51?/m1/s1. The fraction of sp³-hybridized carbons (Fsp3) is 0.804. The number of methoxy groups -OCH3 is 2. The zero-order valence-corrected chi connectivity index (χ0v) is 50.3. The van der Waals surface area contributed by atoms with Gasteiger partial charge in [-0.3, -0.25) is 32.2 Å². The zero-order valence-electron chi connectivity index (χ0n) is 46.7. The van der Waals surface area contributed by atoms with Gasteiger partial charge in [0.15, 0.2) is 6.10 Å². The number of allylic oxidation sites excluding steroid dienone is 8. The predicted molar refractivity (Wildman–Crippen MR) is 294 cm³/mol. The van der Waals surface area contributed by atoms with Crippen LogP contribution in [0.3, 0.4) is 0 Å². The highest BCUT2D eigenvalue weighted by molar-refractivity contribution is 7.47. The molecule has 7 N–H and O–H groups in total. The third-order valence-electron chi connectivity index (χ3n) is 12.1. The Hall–Kier alpha value is -1.82. The van der Waals surface area contributed by atoms with Crippen molar-refractivity contribution in [1.82, 2.24) is 0 Å². The lowest BCUT2D eigenvalue weighted by molar-refractivity contribution is -0.258. The Morgan fingerprint density at radius 2 is 0.785 bits per heavy atom. The number of phosphoric ester groups is 4. The molecule has 0 aromatic rings. The van der Waals surface area contributed by atoms with Crippen molar-refractivity contribution in [3.63, 3.8) is 0 Å². The van der Waals surface area contributed by atoms with E-state index >= 15 is 0 Å². The minimum absolute atomic E-state index is 0.0340. The number of carbonyl (C=O) groups excluding carboxylic acids is 2. The van der Waals surface area contributed by atoms with E-state index in [9.17, 15) is 62.1 Å². The van der Waals surface area contributed by atoms with Gasteiger partial charge in [0.1, 0.15) is 56.8 Å². The lowest BCUT2D eigenvalue weighted by atomic mass is 9.84. The minimum Gasteiger partial charge on any atom is -0.462 e. The molecule has 1 aliphatic carbocycles. The summed E-state index contributed by atoms with van der Waals surface area (Å²) < 4.78 is 107. The number of rotatable bonds is 50. The number of phosphoric acid groups is 4. The quantitative estimate of drug-likeness (QED) is 0.00978. The summed E-state index contributed by atoms with van der Waals surface area (Å²) in [7, 11) is -20.9. The molecule has 0 amide bonds. The fourth-order valence-corrected chi connectivity index (χ4v) is 10.9. The maximum atomic E-state index is 13.9. The summed E-state index contributed by atoms with van der Waals surface area (Å²) in [5.74, 6) is -1.42. The minimum atomic E-state index is -5.80. The summed E-state index contributed by atoms with van der Waals surface area (Å²) >= 11 is 0. The SMILES string of the molecule is CCCCC/C=C\C/C=C\C/C=C\C/C=C\CCCC(=O)O[C@H](COC(=O)CCCCCCCCCCCCCCCCC)COP(=O)(O)OC1[C@H](OCOC)[C@H](OP(=O)(O)O)C(OP(=O)(O)O)[C@H](OP(=O)(O)O)[C@H]1OCOC. The van der Waals surface area contributed by atoms with Gasteiger partial charge in [0.2, 0.25) is 0 Å². The molecule has 0 spiro atoms. The summed E-state index contributed by atoms with van der Waals surface area (Å²) in [6.07, 6.45) is 25.3. The summed E-state index contributed by atoms with van der Waals surface area (Å²) in [6, 6.07) is 0. The molecule has 462 valence electrons. The van der Waals surface area contributed by atoms with Gasteiger partial charge in [-0.1, -0.05) is 165 Å². The van der Waals surface area contributed by atoms with Gasteiger partial charge in [-0.15, -0.1) is 0 Å². The molecule has 1 aliphatic rings. The van der Waals surface area contributed by atoms with Gasteiger partial charge in [0, 0.05) is 27.1 Å². The van der Waals surface area contributed by atoms with Crippen LogP contribution in [0.4, 0.5) is 0 Å². The van der Waals surface area contributed by atoms with Gasteiger partial charge in [-0.25, -0.2) is 18.3 Å². The number of hydrogen-bond acceptors (Lipinski definition) is 17. The van der Waals surface area contributed by atoms with Crippen LogP contribution in [-0.2, 0) is 78.9 Å². The summed E-state index contributed by atoms with van der Waals surface area (Å²) in [6.45, 7) is 1.07. The van der Waals surface area contributed by atoms with E-state index in [4.69, 9.17) is 46.5 Å². The van der Waals surface area contributed by atoms with Crippen LogP contribution in [0.1, 0.15) is 181 Å². The van der Waals surface area contributed by atoms with Crippen molar-refractivity contribution >= 4 is 43.2 Å². The van der Waals surface area contributed by atoms with Crippen molar-refractivity contribution in [3.05, 3.63) is 48.6 Å². The molecule has 1 rings (SSSR count). The number of esters is 2. The molecule has 28 heteroatoms. The third kappa shape index (κ3) is 40.9. The first-order valence-electron chi connectivity index (χ1n) is 27.6. The molecule has 0 aromatic heterocycles. The van der Waals surface area contributed by atoms with E-state index in [1.165, 1.54) is 77.0 Å². The Morgan fingerprint density at radius 1 is 0.430 bits per heavy atom. The first kappa shape index (κ1) is 75.2. The van der Waals surface area contributed by atoms with Crippen molar-refractivity contribution in [2.75, 3.05) is 41.0 Å². The molecule has 24 nitrogen and oxygen atoms in total. The van der Waals surface area contributed by atoms with Crippen molar-refractivity contribution in [2.24, 2.45) is 0 Å². The molecule has 3 unspecified atom stereocenters. The van der Waals surface area contributed by atoms with E-state index in [-0.39, 0.29) is 12.8 Å². The lowest BCUT2D eigenvalue weighted by Gasteiger charge is -2.48. The van der Waals surface area contributed by atoms with Gasteiger partial charge < -0.3 is 62.7 Å². The average Bonchev–Trinajstić information content (AvgIpc) is 3.36. The van der Waals surface area contributed by atoms with Crippen molar-refractivity contribution in [2.45, 2.75) is 224 Å². The number of unbranched alkanes of at least 4 members (excludes halogenated alkanes) is 18. The van der Waals surface area contributed by atoms with Crippen LogP contribution in [0.2, 0.25) is 0 Å². The molecule has 0 saturated heterocycles. The second-order valence-electron chi connectivity index (χ2n) is 19.1. The molecule has 0 heterocycles. The molecule has 0 radical (unpaired) electrons. The normalized spacial score (nSPS) is 20.7. The first-order valence-corrected chi connectivity index (χ1v) is 33.7. The van der Waals surface area contributed by atoms with Crippen molar-refractivity contribution in [1.29, 1.82) is 0 Å². The van der Waals surface area contributed by atoms with Gasteiger partial charge >= 0.3 is 43.2 Å². The molecule has 1 saturated carbocycles. The van der Waals surface area contributed by atoms with Crippen LogP contribution in [0.15, 0.2) is 48.6 Å². The van der Waals surface area contributed by atoms with E-state index < -0.39 is 113 Å². The largest absolute Gasteiger partial charge is 0.472 e. The van der Waals surface area contributed by atoms with E-state index in [2.05, 4.69) is 48.8 Å². The second kappa shape index (κ2) is 44.7. The Morgan fingerprint density at radius 3 is 1.20 bits per heavy atom. The molecular formula is C51H94O24P4. The second-order valence-corrected chi connectivity index (χ2v) is 24.0. The molecular weight excluding hydrogens is 1120 g/mol. The summed E-state index contributed by atoms with van der Waals surface area (Å²) in [5.41, 5.74) is 0. The van der Waals surface area contributed by atoms with Gasteiger partial charge in [-0.05, 0) is 51.4 Å². The maximum absolute atomic E-state index is 13.9. The van der Waals surface area contributed by atoms with Crippen LogP contribution in [0.5, 0.6) is 0 Å². The van der Waals surface area contributed by atoms with Crippen LogP contribution in [0.25, 0.3) is 0 Å². The van der Waals surface area contributed by atoms with E-state index in [0.717, 1.165) is 65.6 Å². The molecule has 0 bridgehead atoms. The molecule has 0 aliphatic heterocycles. The van der Waals surface area contributed by atoms with Crippen LogP contribution < -0.4 is 0 Å². The Bertz CT molecular complexity index is 1870. The highest BCUT2D eigenvalue weighted by Crippen LogP contribution is 2.54. The Balaban J connectivity index is 3.16. The molecule has 0 aromatic carbocycles. The van der Waals surface area contributed by atoms with E-state index in [0.29, 0.717) is 25.7 Å². The van der Waals surface area contributed by atoms with Crippen molar-refractivity contribution < 1.29 is 113 Å². The summed E-state index contributed by atoms with van der Waals surface area (Å²) in [4.78, 5) is 96.2. The predicted octanol–water partition coefficient (Wildman–Crippen LogP) is 10.8. The lowest BCUT2D eigenvalue weighted by Crippen LogP contribution is -2.67. The van der Waals surface area contributed by atoms with Crippen molar-refractivity contribution in [3.8, 4) is 0 Å². The zero-order chi connectivity index (χ0) is 58.8. The monoisotopic (exact) mass is 1210 g/mol. The number of hydrogen-bond donors (Lipinski definition) is 7. The fourth-order valence-electron chi connectivity index (χ4n) is 8.30.